The average molecular weight is 240 g/mol. The molecule has 0 aromatic heterocycles. The van der Waals surface area contributed by atoms with Crippen molar-refractivity contribution in [2.75, 3.05) is 14.2 Å². The molecule has 0 saturated carbocycles. The Kier molecular flexibility index (Phi) is 24.6. The van der Waals surface area contributed by atoms with Crippen molar-refractivity contribution in [3.63, 3.8) is 0 Å². The van der Waals surface area contributed by atoms with Crippen LogP contribution in [0.1, 0.15) is 34.6 Å². The lowest BCUT2D eigenvalue weighted by molar-refractivity contribution is 0.355. The van der Waals surface area contributed by atoms with Crippen molar-refractivity contribution >= 4 is 0 Å². The van der Waals surface area contributed by atoms with E-state index in [1.165, 1.54) is 0 Å². The zero-order chi connectivity index (χ0) is 14.1. The van der Waals surface area contributed by atoms with Gasteiger partial charge in [-0.3, -0.25) is 0 Å². The molecule has 0 bridgehead atoms. The fourth-order valence-electron chi connectivity index (χ4n) is 0.787. The van der Waals surface area contributed by atoms with Gasteiger partial charge in [-0.15, -0.1) is 6.58 Å². The van der Waals surface area contributed by atoms with Crippen molar-refractivity contribution in [2.24, 2.45) is 0 Å². The van der Waals surface area contributed by atoms with Gasteiger partial charge in [0.1, 0.15) is 0 Å². The third-order valence-corrected chi connectivity index (χ3v) is 1.29. The van der Waals surface area contributed by atoms with Crippen molar-refractivity contribution in [1.29, 1.82) is 0 Å². The van der Waals surface area contributed by atoms with Gasteiger partial charge in [-0.05, 0) is 19.1 Å². The minimum absolute atomic E-state index is 0.769. The van der Waals surface area contributed by atoms with Gasteiger partial charge in [0.15, 0.2) is 11.5 Å². The number of benzene rings is 1. The topological polar surface area (TPSA) is 18.5 Å². The summed E-state index contributed by atoms with van der Waals surface area (Å²) in [6, 6.07) is 7.53. The molecule has 0 aliphatic carbocycles. The van der Waals surface area contributed by atoms with Crippen molar-refractivity contribution in [2.45, 2.75) is 34.6 Å². The summed E-state index contributed by atoms with van der Waals surface area (Å²) in [6.07, 6.45) is 1.75. The van der Waals surface area contributed by atoms with E-state index in [1.807, 2.05) is 58.9 Å². The SMILES string of the molecule is C=CC.CC.CC.COc1ccccc1OC. The highest BCUT2D eigenvalue weighted by Gasteiger charge is 1.97. The second kappa shape index (κ2) is 20.0. The Morgan fingerprint density at radius 2 is 1.12 bits per heavy atom. The Labute approximate surface area is 107 Å². The van der Waals surface area contributed by atoms with Crippen LogP contribution in [0.3, 0.4) is 0 Å². The first-order valence-corrected chi connectivity index (χ1v) is 6.04. The molecule has 0 amide bonds. The predicted octanol–water partition coefficient (Wildman–Crippen LogP) is 4.95. The van der Waals surface area contributed by atoms with Crippen LogP contribution in [0.2, 0.25) is 0 Å². The summed E-state index contributed by atoms with van der Waals surface area (Å²) in [5, 5.41) is 0. The van der Waals surface area contributed by atoms with Crippen LogP contribution in [0.4, 0.5) is 0 Å². The molecule has 0 fully saturated rings. The average Bonchev–Trinajstić information content (AvgIpc) is 2.44. The first-order chi connectivity index (χ1) is 8.29. The molecule has 100 valence electrons. The summed E-state index contributed by atoms with van der Waals surface area (Å²) >= 11 is 0. The first-order valence-electron chi connectivity index (χ1n) is 6.04. The third-order valence-electron chi connectivity index (χ3n) is 1.29. The fraction of sp³-hybridized carbons (Fsp3) is 0.467. The summed E-state index contributed by atoms with van der Waals surface area (Å²) in [4.78, 5) is 0. The van der Waals surface area contributed by atoms with Gasteiger partial charge >= 0.3 is 0 Å². The Hall–Kier alpha value is -1.44. The number of rotatable bonds is 2. The van der Waals surface area contributed by atoms with E-state index in [0.29, 0.717) is 0 Å². The molecule has 2 nitrogen and oxygen atoms in total. The van der Waals surface area contributed by atoms with Crippen LogP contribution < -0.4 is 9.47 Å². The number of hydrogen-bond donors (Lipinski definition) is 0. The molecule has 17 heavy (non-hydrogen) atoms. The minimum Gasteiger partial charge on any atom is -0.493 e. The first kappa shape index (κ1) is 20.9. The van der Waals surface area contributed by atoms with Gasteiger partial charge in [0.05, 0.1) is 14.2 Å². The summed E-state index contributed by atoms with van der Waals surface area (Å²) in [7, 11) is 3.25. The van der Waals surface area contributed by atoms with Crippen molar-refractivity contribution in [3.8, 4) is 11.5 Å². The van der Waals surface area contributed by atoms with Crippen LogP contribution in [0.15, 0.2) is 36.9 Å². The molecule has 0 atom stereocenters. The maximum atomic E-state index is 5.01. The third kappa shape index (κ3) is 12.5. The summed E-state index contributed by atoms with van der Waals surface area (Å²) < 4.78 is 10.0. The molecule has 0 heterocycles. The molecule has 0 radical (unpaired) electrons. The molecular formula is C15H28O2. The summed E-state index contributed by atoms with van der Waals surface area (Å²) in [6.45, 7) is 13.2. The van der Waals surface area contributed by atoms with E-state index in [-0.39, 0.29) is 0 Å². The Morgan fingerprint density at radius 1 is 0.882 bits per heavy atom. The molecule has 1 aromatic rings. The molecule has 0 spiro atoms. The monoisotopic (exact) mass is 240 g/mol. The van der Waals surface area contributed by atoms with Gasteiger partial charge in [-0.1, -0.05) is 45.9 Å². The minimum atomic E-state index is 0.769. The van der Waals surface area contributed by atoms with Gasteiger partial charge in [0, 0.05) is 0 Å². The van der Waals surface area contributed by atoms with Gasteiger partial charge in [0.25, 0.3) is 0 Å². The second-order valence-electron chi connectivity index (χ2n) is 2.26. The summed E-state index contributed by atoms with van der Waals surface area (Å²) in [5.74, 6) is 1.54. The molecule has 2 heteroatoms. The Bertz CT molecular complexity index is 221. The van der Waals surface area contributed by atoms with E-state index in [0.717, 1.165) is 11.5 Å². The fourth-order valence-corrected chi connectivity index (χ4v) is 0.787. The van der Waals surface area contributed by atoms with Crippen molar-refractivity contribution < 1.29 is 9.47 Å². The Balaban J connectivity index is -0.000000239. The Morgan fingerprint density at radius 3 is 1.29 bits per heavy atom. The van der Waals surface area contributed by atoms with Crippen LogP contribution in [-0.4, -0.2) is 14.2 Å². The van der Waals surface area contributed by atoms with E-state index >= 15 is 0 Å². The maximum absolute atomic E-state index is 5.01. The lowest BCUT2D eigenvalue weighted by Crippen LogP contribution is -1.88. The number of hydrogen-bond acceptors (Lipinski definition) is 2. The van der Waals surface area contributed by atoms with E-state index in [1.54, 1.807) is 20.3 Å². The second-order valence-corrected chi connectivity index (χ2v) is 2.26. The predicted molar refractivity (Wildman–Crippen MR) is 78.1 cm³/mol. The lowest BCUT2D eigenvalue weighted by atomic mass is 10.3. The van der Waals surface area contributed by atoms with Crippen LogP contribution >= 0.6 is 0 Å². The number of methoxy groups -OCH3 is 2. The lowest BCUT2D eigenvalue weighted by Gasteiger charge is -2.04. The molecule has 1 rings (SSSR count). The smallest absolute Gasteiger partial charge is 0.160 e. The maximum Gasteiger partial charge on any atom is 0.160 e. The standard InChI is InChI=1S/C8H10O2.C3H6.2C2H6/c1-9-7-5-3-4-6-8(7)10-2;1-3-2;2*1-2/h3-6H,1-2H3;3H,1H2,2H3;2*1-2H3. The molecule has 0 aliphatic rings. The van der Waals surface area contributed by atoms with E-state index in [9.17, 15) is 0 Å². The van der Waals surface area contributed by atoms with Gasteiger partial charge < -0.3 is 9.47 Å². The highest BCUT2D eigenvalue weighted by Crippen LogP contribution is 2.24. The highest BCUT2D eigenvalue weighted by atomic mass is 16.5. The largest absolute Gasteiger partial charge is 0.493 e. The molecule has 0 aliphatic heterocycles. The van der Waals surface area contributed by atoms with E-state index in [2.05, 4.69) is 6.58 Å². The summed E-state index contributed by atoms with van der Waals surface area (Å²) in [5.41, 5.74) is 0. The van der Waals surface area contributed by atoms with Gasteiger partial charge in [-0.25, -0.2) is 0 Å². The molecule has 0 unspecified atom stereocenters. The molecule has 0 N–H and O–H groups in total. The van der Waals surface area contributed by atoms with Crippen LogP contribution in [0, 0.1) is 0 Å². The van der Waals surface area contributed by atoms with Gasteiger partial charge in [-0.2, -0.15) is 0 Å². The normalized spacial score (nSPS) is 6.76. The molecule has 1 aromatic carbocycles. The van der Waals surface area contributed by atoms with Gasteiger partial charge in [0.2, 0.25) is 0 Å². The van der Waals surface area contributed by atoms with Crippen molar-refractivity contribution in [1.82, 2.24) is 0 Å². The van der Waals surface area contributed by atoms with Crippen LogP contribution in [0.25, 0.3) is 0 Å². The number of para-hydroxylation sites is 2. The molecule has 0 saturated heterocycles. The highest BCUT2D eigenvalue weighted by molar-refractivity contribution is 5.38. The van der Waals surface area contributed by atoms with E-state index in [4.69, 9.17) is 9.47 Å². The number of allylic oxidation sites excluding steroid dienone is 1. The van der Waals surface area contributed by atoms with Crippen LogP contribution in [-0.2, 0) is 0 Å². The zero-order valence-corrected chi connectivity index (χ0v) is 12.4. The number of ether oxygens (including phenoxy) is 2. The van der Waals surface area contributed by atoms with Crippen molar-refractivity contribution in [3.05, 3.63) is 36.9 Å². The van der Waals surface area contributed by atoms with Crippen LogP contribution in [0.5, 0.6) is 11.5 Å². The zero-order valence-electron chi connectivity index (χ0n) is 12.4. The molecular weight excluding hydrogens is 212 g/mol. The van der Waals surface area contributed by atoms with E-state index < -0.39 is 0 Å². The quantitative estimate of drug-likeness (QED) is 0.681.